The Hall–Kier alpha value is -2.14. The van der Waals surface area contributed by atoms with Crippen LogP contribution in [0.25, 0.3) is 0 Å². The van der Waals surface area contributed by atoms with Gasteiger partial charge in [0, 0.05) is 5.69 Å². The number of rotatable bonds is 2. The molecule has 1 amide bonds. The van der Waals surface area contributed by atoms with Gasteiger partial charge in [-0.2, -0.15) is 0 Å². The van der Waals surface area contributed by atoms with Crippen LogP contribution in [0, 0.1) is 5.82 Å². The van der Waals surface area contributed by atoms with E-state index in [-0.39, 0.29) is 16.5 Å². The van der Waals surface area contributed by atoms with Crippen LogP contribution in [0.4, 0.5) is 15.9 Å². The summed E-state index contributed by atoms with van der Waals surface area (Å²) in [6.07, 6.45) is 0. The molecule has 0 aliphatic heterocycles. The van der Waals surface area contributed by atoms with Crippen LogP contribution >= 0.6 is 11.6 Å². The highest BCUT2D eigenvalue weighted by Crippen LogP contribution is 2.17. The molecule has 0 aliphatic carbocycles. The van der Waals surface area contributed by atoms with Crippen LogP contribution in [0.15, 0.2) is 36.4 Å². The Bertz CT molecular complexity index is 604. The number of carbonyl (C=O) groups is 1. The summed E-state index contributed by atoms with van der Waals surface area (Å²) in [5.74, 6) is -0.805. The zero-order chi connectivity index (χ0) is 13.1. The Labute approximate surface area is 108 Å². The number of nitrogen functional groups attached to an aromatic ring is 1. The summed E-state index contributed by atoms with van der Waals surface area (Å²) < 4.78 is 13.0. The van der Waals surface area contributed by atoms with Crippen LogP contribution < -0.4 is 11.1 Å². The molecule has 1 heterocycles. The van der Waals surface area contributed by atoms with Crippen LogP contribution in [0.5, 0.6) is 0 Å². The predicted octanol–water partition coefficient (Wildman–Crippen LogP) is 2.71. The maximum Gasteiger partial charge on any atom is 0.275 e. The van der Waals surface area contributed by atoms with Gasteiger partial charge in [-0.15, -0.1) is 0 Å². The average Bonchev–Trinajstić information content (AvgIpc) is 2.32. The first-order valence-electron chi connectivity index (χ1n) is 5.05. The topological polar surface area (TPSA) is 68.0 Å². The number of anilines is 2. The van der Waals surface area contributed by atoms with Crippen molar-refractivity contribution in [3.8, 4) is 0 Å². The van der Waals surface area contributed by atoms with Gasteiger partial charge >= 0.3 is 0 Å². The molecule has 0 atom stereocenters. The summed E-state index contributed by atoms with van der Waals surface area (Å²) in [4.78, 5) is 15.7. The van der Waals surface area contributed by atoms with E-state index in [1.165, 1.54) is 30.3 Å². The molecule has 0 fully saturated rings. The molecule has 6 heteroatoms. The second-order valence-corrected chi connectivity index (χ2v) is 3.94. The van der Waals surface area contributed by atoms with Gasteiger partial charge < -0.3 is 11.1 Å². The highest BCUT2D eigenvalue weighted by Gasteiger charge is 2.13. The minimum Gasteiger partial charge on any atom is -0.384 e. The van der Waals surface area contributed by atoms with Gasteiger partial charge in [0.05, 0.1) is 5.02 Å². The van der Waals surface area contributed by atoms with Crippen molar-refractivity contribution in [3.05, 3.63) is 52.9 Å². The second kappa shape index (κ2) is 5.01. The fourth-order valence-corrected chi connectivity index (χ4v) is 1.56. The summed E-state index contributed by atoms with van der Waals surface area (Å²) in [7, 11) is 0. The van der Waals surface area contributed by atoms with E-state index in [0.717, 1.165) is 0 Å². The van der Waals surface area contributed by atoms with E-state index in [4.69, 9.17) is 17.3 Å². The van der Waals surface area contributed by atoms with Crippen molar-refractivity contribution >= 4 is 29.0 Å². The number of nitrogens with two attached hydrogens (primary N) is 1. The summed E-state index contributed by atoms with van der Waals surface area (Å²) in [6.45, 7) is 0. The molecule has 1 aromatic carbocycles. The van der Waals surface area contributed by atoms with Crippen LogP contribution in [0.1, 0.15) is 10.5 Å². The molecule has 0 radical (unpaired) electrons. The van der Waals surface area contributed by atoms with Crippen molar-refractivity contribution in [3.63, 3.8) is 0 Å². The van der Waals surface area contributed by atoms with Crippen molar-refractivity contribution in [2.24, 2.45) is 0 Å². The van der Waals surface area contributed by atoms with E-state index in [0.29, 0.717) is 5.69 Å². The van der Waals surface area contributed by atoms with Gasteiger partial charge in [-0.3, -0.25) is 4.79 Å². The van der Waals surface area contributed by atoms with Gasteiger partial charge in [0.25, 0.3) is 5.91 Å². The zero-order valence-electron chi connectivity index (χ0n) is 9.15. The number of nitrogens with zero attached hydrogens (tertiary/aromatic N) is 1. The lowest BCUT2D eigenvalue weighted by Crippen LogP contribution is -2.15. The third-order valence-electron chi connectivity index (χ3n) is 2.17. The molecule has 0 saturated heterocycles. The zero-order valence-corrected chi connectivity index (χ0v) is 9.91. The minimum atomic E-state index is -0.544. The molecule has 2 rings (SSSR count). The molecule has 0 spiro atoms. The number of aromatic nitrogens is 1. The van der Waals surface area contributed by atoms with Crippen LogP contribution in [-0.2, 0) is 0 Å². The van der Waals surface area contributed by atoms with Gasteiger partial charge in [0.1, 0.15) is 17.3 Å². The highest BCUT2D eigenvalue weighted by molar-refractivity contribution is 6.34. The Kier molecular flexibility index (Phi) is 3.43. The molecule has 3 N–H and O–H groups in total. The first kappa shape index (κ1) is 12.3. The molecule has 92 valence electrons. The largest absolute Gasteiger partial charge is 0.384 e. The van der Waals surface area contributed by atoms with Crippen molar-refractivity contribution in [2.75, 3.05) is 11.1 Å². The summed E-state index contributed by atoms with van der Waals surface area (Å²) in [5, 5.41) is 2.66. The van der Waals surface area contributed by atoms with Crippen LogP contribution in [-0.4, -0.2) is 10.9 Å². The first-order chi connectivity index (χ1) is 8.56. The van der Waals surface area contributed by atoms with Gasteiger partial charge in [-0.1, -0.05) is 17.7 Å². The summed E-state index contributed by atoms with van der Waals surface area (Å²) in [6, 6.07) is 8.48. The molecular formula is C12H9ClFN3O. The molecule has 18 heavy (non-hydrogen) atoms. The molecule has 2 aromatic rings. The van der Waals surface area contributed by atoms with Gasteiger partial charge in [-0.25, -0.2) is 9.37 Å². The number of benzene rings is 1. The number of pyridine rings is 1. The van der Waals surface area contributed by atoms with Crippen molar-refractivity contribution in [1.29, 1.82) is 0 Å². The number of hydrogen-bond acceptors (Lipinski definition) is 3. The lowest BCUT2D eigenvalue weighted by atomic mass is 10.3. The normalized spacial score (nSPS) is 10.1. The third-order valence-corrected chi connectivity index (χ3v) is 2.47. The first-order valence-corrected chi connectivity index (χ1v) is 5.43. The number of amides is 1. The fraction of sp³-hybridized carbons (Fsp3) is 0. The SMILES string of the molecule is Nc1ccc(Cl)c(C(=O)Nc2cccc(F)c2)n1. The molecule has 0 bridgehead atoms. The van der Waals surface area contributed by atoms with Crippen molar-refractivity contribution < 1.29 is 9.18 Å². The van der Waals surface area contributed by atoms with E-state index in [1.807, 2.05) is 0 Å². The predicted molar refractivity (Wildman–Crippen MR) is 68.0 cm³/mol. The van der Waals surface area contributed by atoms with Crippen molar-refractivity contribution in [1.82, 2.24) is 4.98 Å². The van der Waals surface area contributed by atoms with Crippen LogP contribution in [0.3, 0.4) is 0 Å². The Morgan fingerprint density at radius 1 is 1.33 bits per heavy atom. The summed E-state index contributed by atoms with van der Waals surface area (Å²) >= 11 is 5.84. The quantitative estimate of drug-likeness (QED) is 0.877. The van der Waals surface area contributed by atoms with Gasteiger partial charge in [0.15, 0.2) is 0 Å². The molecular weight excluding hydrogens is 257 g/mol. The fourth-order valence-electron chi connectivity index (χ4n) is 1.37. The highest BCUT2D eigenvalue weighted by atomic mass is 35.5. The van der Waals surface area contributed by atoms with Crippen LogP contribution in [0.2, 0.25) is 5.02 Å². The van der Waals surface area contributed by atoms with Gasteiger partial charge in [0.2, 0.25) is 0 Å². The lowest BCUT2D eigenvalue weighted by molar-refractivity contribution is 0.102. The minimum absolute atomic E-state index is 0.000859. The Morgan fingerprint density at radius 2 is 2.11 bits per heavy atom. The standard InChI is InChI=1S/C12H9ClFN3O/c13-9-4-5-10(15)17-11(9)12(18)16-8-3-1-2-7(14)6-8/h1-6H,(H2,15,17)(H,16,18). The Balaban J connectivity index is 2.24. The summed E-state index contributed by atoms with van der Waals surface area (Å²) in [5.41, 5.74) is 5.79. The number of nitrogens with one attached hydrogen (secondary N) is 1. The number of hydrogen-bond donors (Lipinski definition) is 2. The third kappa shape index (κ3) is 2.75. The maximum absolute atomic E-state index is 13.0. The molecule has 0 saturated carbocycles. The molecule has 0 aliphatic rings. The monoisotopic (exact) mass is 265 g/mol. The van der Waals surface area contributed by atoms with E-state index >= 15 is 0 Å². The van der Waals surface area contributed by atoms with E-state index < -0.39 is 11.7 Å². The Morgan fingerprint density at radius 3 is 2.83 bits per heavy atom. The van der Waals surface area contributed by atoms with E-state index in [2.05, 4.69) is 10.3 Å². The average molecular weight is 266 g/mol. The maximum atomic E-state index is 13.0. The molecule has 1 aromatic heterocycles. The number of carbonyl (C=O) groups excluding carboxylic acids is 1. The smallest absolute Gasteiger partial charge is 0.275 e. The lowest BCUT2D eigenvalue weighted by Gasteiger charge is -2.06. The van der Waals surface area contributed by atoms with Gasteiger partial charge in [-0.05, 0) is 30.3 Å². The van der Waals surface area contributed by atoms with E-state index in [1.54, 1.807) is 6.07 Å². The number of halogens is 2. The molecule has 4 nitrogen and oxygen atoms in total. The second-order valence-electron chi connectivity index (χ2n) is 3.53. The molecule has 0 unspecified atom stereocenters. The van der Waals surface area contributed by atoms with E-state index in [9.17, 15) is 9.18 Å². The van der Waals surface area contributed by atoms with Crippen molar-refractivity contribution in [2.45, 2.75) is 0 Å².